The average Bonchev–Trinajstić information content (AvgIpc) is 3.18. The van der Waals surface area contributed by atoms with Crippen LogP contribution in [-0.4, -0.2) is 29.9 Å². The van der Waals surface area contributed by atoms with Crippen LogP contribution in [0.25, 0.3) is 0 Å². The smallest absolute Gasteiger partial charge is 0.313 e. The molecule has 152 valence electrons. The topological polar surface area (TPSA) is 74.3 Å². The number of nitrogens with zero attached hydrogens (tertiary/aromatic N) is 2. The number of carbonyl (C=O) groups excluding carboxylic acids is 2. The van der Waals surface area contributed by atoms with E-state index in [4.69, 9.17) is 11.6 Å². The van der Waals surface area contributed by atoms with Crippen LogP contribution in [0.5, 0.6) is 0 Å². The van der Waals surface area contributed by atoms with E-state index in [-0.39, 0.29) is 12.6 Å². The van der Waals surface area contributed by atoms with Gasteiger partial charge in [-0.1, -0.05) is 41.9 Å². The number of para-hydroxylation sites is 1. The van der Waals surface area contributed by atoms with Crippen molar-refractivity contribution >= 4 is 34.8 Å². The Morgan fingerprint density at radius 2 is 1.93 bits per heavy atom. The van der Waals surface area contributed by atoms with Gasteiger partial charge in [0.15, 0.2) is 0 Å². The van der Waals surface area contributed by atoms with Crippen molar-refractivity contribution in [2.24, 2.45) is 0 Å². The summed E-state index contributed by atoms with van der Waals surface area (Å²) in [5.74, 6) is -1.43. The number of benzene rings is 2. The van der Waals surface area contributed by atoms with Gasteiger partial charge in [-0.3, -0.25) is 14.6 Å². The van der Waals surface area contributed by atoms with Crippen LogP contribution in [0.1, 0.15) is 17.2 Å². The molecule has 0 saturated heterocycles. The number of nitrogens with one attached hydrogen (secondary N) is 2. The summed E-state index contributed by atoms with van der Waals surface area (Å²) in [5.41, 5.74) is 3.87. The maximum absolute atomic E-state index is 12.4. The molecule has 30 heavy (non-hydrogen) atoms. The van der Waals surface area contributed by atoms with Crippen molar-refractivity contribution in [2.45, 2.75) is 12.5 Å². The summed E-state index contributed by atoms with van der Waals surface area (Å²) in [4.78, 5) is 31.2. The fraction of sp³-hybridized carbons (Fsp3) is 0.174. The molecule has 3 aromatic rings. The van der Waals surface area contributed by atoms with Gasteiger partial charge in [0.05, 0.1) is 6.04 Å². The van der Waals surface area contributed by atoms with Crippen molar-refractivity contribution in [1.29, 1.82) is 0 Å². The van der Waals surface area contributed by atoms with Gasteiger partial charge in [-0.2, -0.15) is 0 Å². The van der Waals surface area contributed by atoms with Gasteiger partial charge in [-0.15, -0.1) is 0 Å². The molecule has 4 rings (SSSR count). The Morgan fingerprint density at radius 1 is 1.07 bits per heavy atom. The van der Waals surface area contributed by atoms with Crippen molar-refractivity contribution in [1.82, 2.24) is 10.3 Å². The number of halogens is 1. The van der Waals surface area contributed by atoms with Crippen LogP contribution < -0.4 is 15.5 Å². The maximum Gasteiger partial charge on any atom is 0.313 e. The van der Waals surface area contributed by atoms with Gasteiger partial charge in [0.1, 0.15) is 0 Å². The first kappa shape index (κ1) is 19.9. The average molecular weight is 421 g/mol. The molecule has 2 N–H and O–H groups in total. The van der Waals surface area contributed by atoms with Crippen LogP contribution in [0.4, 0.5) is 11.4 Å². The highest BCUT2D eigenvalue weighted by Gasteiger charge is 2.28. The molecule has 6 nitrogen and oxygen atoms in total. The number of hydrogen-bond acceptors (Lipinski definition) is 4. The molecule has 0 bridgehead atoms. The van der Waals surface area contributed by atoms with E-state index < -0.39 is 11.8 Å². The normalized spacial score (nSPS) is 13.4. The van der Waals surface area contributed by atoms with Crippen LogP contribution in [0.3, 0.4) is 0 Å². The van der Waals surface area contributed by atoms with E-state index in [0.717, 1.165) is 24.2 Å². The van der Waals surface area contributed by atoms with Crippen molar-refractivity contribution in [3.8, 4) is 0 Å². The first-order chi connectivity index (χ1) is 14.6. The Kier molecular flexibility index (Phi) is 5.95. The van der Waals surface area contributed by atoms with Crippen molar-refractivity contribution in [3.05, 3.63) is 89.2 Å². The molecule has 2 aromatic carbocycles. The zero-order chi connectivity index (χ0) is 20.9. The van der Waals surface area contributed by atoms with E-state index in [0.29, 0.717) is 10.7 Å². The Bertz CT molecular complexity index is 1060. The van der Waals surface area contributed by atoms with Crippen molar-refractivity contribution < 1.29 is 9.59 Å². The van der Waals surface area contributed by atoms with E-state index in [1.165, 1.54) is 5.56 Å². The van der Waals surface area contributed by atoms with E-state index in [2.05, 4.69) is 32.7 Å². The molecule has 1 aromatic heterocycles. The third kappa shape index (κ3) is 4.44. The van der Waals surface area contributed by atoms with Crippen molar-refractivity contribution in [3.63, 3.8) is 0 Å². The number of anilines is 2. The lowest BCUT2D eigenvalue weighted by Crippen LogP contribution is -2.41. The van der Waals surface area contributed by atoms with Crippen molar-refractivity contribution in [2.75, 3.05) is 23.3 Å². The minimum Gasteiger partial charge on any atom is -0.362 e. The van der Waals surface area contributed by atoms with E-state index in [9.17, 15) is 9.59 Å². The lowest BCUT2D eigenvalue weighted by molar-refractivity contribution is -0.136. The van der Waals surface area contributed by atoms with Gasteiger partial charge < -0.3 is 15.5 Å². The maximum atomic E-state index is 12.4. The highest BCUT2D eigenvalue weighted by Crippen LogP contribution is 2.34. The predicted octanol–water partition coefficient (Wildman–Crippen LogP) is 3.59. The third-order valence-electron chi connectivity index (χ3n) is 5.11. The minimum absolute atomic E-state index is 0.134. The first-order valence-corrected chi connectivity index (χ1v) is 10.1. The number of hydrogen-bond donors (Lipinski definition) is 2. The number of amides is 2. The molecule has 0 saturated carbocycles. The second kappa shape index (κ2) is 8.97. The van der Waals surface area contributed by atoms with Crippen LogP contribution in [0, 0.1) is 0 Å². The number of aromatic nitrogens is 1. The van der Waals surface area contributed by atoms with Gasteiger partial charge in [-0.25, -0.2) is 0 Å². The molecular weight excluding hydrogens is 400 g/mol. The van der Waals surface area contributed by atoms with Crippen LogP contribution in [0.2, 0.25) is 5.02 Å². The summed E-state index contributed by atoms with van der Waals surface area (Å²) in [6, 6.07) is 18.6. The first-order valence-electron chi connectivity index (χ1n) is 9.71. The van der Waals surface area contributed by atoms with Crippen LogP contribution in [0.15, 0.2) is 73.1 Å². The molecule has 0 radical (unpaired) electrons. The molecule has 0 unspecified atom stereocenters. The lowest BCUT2D eigenvalue weighted by atomic mass is 10.1. The van der Waals surface area contributed by atoms with Crippen LogP contribution in [-0.2, 0) is 16.0 Å². The fourth-order valence-electron chi connectivity index (χ4n) is 3.69. The fourth-order valence-corrected chi connectivity index (χ4v) is 3.88. The molecule has 1 atom stereocenters. The van der Waals surface area contributed by atoms with E-state index in [1.54, 1.807) is 36.7 Å². The Morgan fingerprint density at radius 3 is 2.73 bits per heavy atom. The standard InChI is InChI=1S/C23H21ClN4O2/c24-18-7-3-8-19(13-18)27-23(30)22(29)26-15-21(17-6-4-11-25-14-17)28-12-10-16-5-1-2-9-20(16)28/h1-9,11,13-14,21H,10,12,15H2,(H,26,29)(H,27,30)/t21-/m1/s1. The number of carbonyl (C=O) groups is 2. The van der Waals surface area contributed by atoms with Gasteiger partial charge in [0.25, 0.3) is 0 Å². The molecular formula is C23H21ClN4O2. The Labute approximate surface area is 179 Å². The second-order valence-corrected chi connectivity index (χ2v) is 7.49. The molecule has 1 aliphatic heterocycles. The SMILES string of the molecule is O=C(NC[C@H](c1cccnc1)N1CCc2ccccc21)C(=O)Nc1cccc(Cl)c1. The molecule has 2 heterocycles. The highest BCUT2D eigenvalue weighted by molar-refractivity contribution is 6.39. The molecule has 0 aliphatic carbocycles. The van der Waals surface area contributed by atoms with E-state index >= 15 is 0 Å². The number of fused-ring (bicyclic) bond motifs is 1. The zero-order valence-electron chi connectivity index (χ0n) is 16.2. The zero-order valence-corrected chi connectivity index (χ0v) is 17.0. The quantitative estimate of drug-likeness (QED) is 0.618. The Balaban J connectivity index is 1.48. The van der Waals surface area contributed by atoms with Gasteiger partial charge in [0, 0.05) is 41.9 Å². The molecule has 7 heteroatoms. The lowest BCUT2D eigenvalue weighted by Gasteiger charge is -2.30. The summed E-state index contributed by atoms with van der Waals surface area (Å²) in [6.07, 6.45) is 4.45. The number of pyridine rings is 1. The monoisotopic (exact) mass is 420 g/mol. The third-order valence-corrected chi connectivity index (χ3v) is 5.35. The van der Waals surface area contributed by atoms with Gasteiger partial charge in [0.2, 0.25) is 0 Å². The summed E-state index contributed by atoms with van der Waals surface area (Å²) < 4.78 is 0. The second-order valence-electron chi connectivity index (χ2n) is 7.05. The summed E-state index contributed by atoms with van der Waals surface area (Å²) >= 11 is 5.93. The minimum atomic E-state index is -0.732. The van der Waals surface area contributed by atoms with E-state index in [1.807, 2.05) is 24.3 Å². The van der Waals surface area contributed by atoms with Crippen LogP contribution >= 0.6 is 11.6 Å². The highest BCUT2D eigenvalue weighted by atomic mass is 35.5. The van der Waals surface area contributed by atoms with Gasteiger partial charge in [-0.05, 0) is 47.9 Å². The Hall–Kier alpha value is -3.38. The molecule has 0 spiro atoms. The molecule has 0 fully saturated rings. The summed E-state index contributed by atoms with van der Waals surface area (Å²) in [6.45, 7) is 1.12. The molecule has 1 aliphatic rings. The summed E-state index contributed by atoms with van der Waals surface area (Å²) in [5, 5.41) is 5.82. The van der Waals surface area contributed by atoms with Gasteiger partial charge >= 0.3 is 11.8 Å². The largest absolute Gasteiger partial charge is 0.362 e. The predicted molar refractivity (Wildman–Crippen MR) is 118 cm³/mol. The number of rotatable bonds is 5. The summed E-state index contributed by atoms with van der Waals surface area (Å²) in [7, 11) is 0. The molecule has 2 amide bonds.